The van der Waals surface area contributed by atoms with Crippen molar-refractivity contribution in [3.8, 4) is 0 Å². The van der Waals surface area contributed by atoms with Crippen molar-refractivity contribution >= 4 is 17.7 Å². The summed E-state index contributed by atoms with van der Waals surface area (Å²) in [7, 11) is 0. The van der Waals surface area contributed by atoms with Crippen LogP contribution < -0.4 is 0 Å². The van der Waals surface area contributed by atoms with Crippen molar-refractivity contribution in [2.24, 2.45) is 11.8 Å². The third kappa shape index (κ3) is 4.37. The first-order valence-corrected chi connectivity index (χ1v) is 8.93. The Morgan fingerprint density at radius 3 is 2.45 bits per heavy atom. The van der Waals surface area contributed by atoms with Gasteiger partial charge in [-0.15, -0.1) is 0 Å². The van der Waals surface area contributed by atoms with Crippen molar-refractivity contribution in [2.75, 3.05) is 18.1 Å². The highest BCUT2D eigenvalue weighted by molar-refractivity contribution is 7.99. The number of aliphatic hydroxyl groups is 1. The highest BCUT2D eigenvalue weighted by Gasteiger charge is 2.47. The first-order chi connectivity index (χ1) is 9.72. The number of hydrogen-bond acceptors (Lipinski definition) is 4. The fraction of sp³-hybridized carbons (Fsp3) is 0.933. The number of fused-ring (bicyclic) bond motifs is 2. The van der Waals surface area contributed by atoms with Gasteiger partial charge >= 0.3 is 5.97 Å². The fourth-order valence-corrected chi connectivity index (χ4v) is 4.67. The minimum absolute atomic E-state index is 0.274. The number of hydrogen-bond donors (Lipinski definition) is 2. The van der Waals surface area contributed by atoms with Crippen LogP contribution in [-0.4, -0.2) is 46.5 Å². The van der Waals surface area contributed by atoms with Crippen LogP contribution in [0.3, 0.4) is 0 Å². The lowest BCUT2D eigenvalue weighted by atomic mass is 9.76. The number of carboxylic acid groups (broad SMARTS) is 1. The van der Waals surface area contributed by atoms with Crippen molar-refractivity contribution in [2.45, 2.75) is 57.2 Å². The minimum Gasteiger partial charge on any atom is -0.481 e. The molecular weight excluding hydrogens is 276 g/mol. The van der Waals surface area contributed by atoms with Gasteiger partial charge in [-0.1, -0.05) is 0 Å². The van der Waals surface area contributed by atoms with Gasteiger partial charge in [0.05, 0.1) is 12.2 Å². The lowest BCUT2D eigenvalue weighted by Crippen LogP contribution is -2.28. The summed E-state index contributed by atoms with van der Waals surface area (Å²) in [5, 5.41) is 17.7. The van der Waals surface area contributed by atoms with E-state index in [1.165, 1.54) is 19.3 Å². The number of aliphatic carboxylic acids is 1. The van der Waals surface area contributed by atoms with E-state index in [1.807, 2.05) is 11.8 Å². The van der Waals surface area contributed by atoms with Crippen molar-refractivity contribution in [1.82, 2.24) is 0 Å². The molecule has 2 aliphatic heterocycles. The van der Waals surface area contributed by atoms with E-state index in [4.69, 9.17) is 9.84 Å². The Bertz CT molecular complexity index is 310. The summed E-state index contributed by atoms with van der Waals surface area (Å²) < 4.78 is 5.99. The maximum atomic E-state index is 10.4. The van der Waals surface area contributed by atoms with E-state index in [9.17, 15) is 9.90 Å². The van der Waals surface area contributed by atoms with Crippen LogP contribution in [0.15, 0.2) is 0 Å². The predicted molar refractivity (Wildman–Crippen MR) is 80.0 cm³/mol. The molecule has 2 saturated heterocycles. The van der Waals surface area contributed by atoms with Gasteiger partial charge in [0.1, 0.15) is 0 Å². The Morgan fingerprint density at radius 2 is 1.80 bits per heavy atom. The summed E-state index contributed by atoms with van der Waals surface area (Å²) in [5.74, 6) is 2.69. The number of carboxylic acids is 1. The molecule has 0 aromatic rings. The van der Waals surface area contributed by atoms with E-state index in [2.05, 4.69) is 0 Å². The molecule has 5 heteroatoms. The molecule has 0 aromatic heterocycles. The molecule has 116 valence electrons. The Balaban J connectivity index is 1.58. The first kappa shape index (κ1) is 16.1. The number of ether oxygens (including phenoxy) is 1. The maximum absolute atomic E-state index is 10.4. The van der Waals surface area contributed by atoms with Crippen LogP contribution in [0.4, 0.5) is 0 Å². The third-order valence-electron chi connectivity index (χ3n) is 4.58. The van der Waals surface area contributed by atoms with Gasteiger partial charge in [0.25, 0.3) is 0 Å². The van der Waals surface area contributed by atoms with Gasteiger partial charge in [-0.2, -0.15) is 11.8 Å². The second-order valence-electron chi connectivity index (χ2n) is 5.88. The minimum atomic E-state index is -0.694. The fourth-order valence-electron chi connectivity index (χ4n) is 3.62. The maximum Gasteiger partial charge on any atom is 0.303 e. The summed E-state index contributed by atoms with van der Waals surface area (Å²) in [6.45, 7) is 0.274. The zero-order chi connectivity index (χ0) is 14.4. The number of unbranched alkanes of at least 4 members (excludes halogenated alkanes) is 1. The molecule has 4 atom stereocenters. The molecule has 0 aliphatic carbocycles. The molecule has 0 saturated carbocycles. The normalized spacial score (nSPS) is 31.9. The van der Waals surface area contributed by atoms with Crippen molar-refractivity contribution < 1.29 is 19.7 Å². The van der Waals surface area contributed by atoms with Gasteiger partial charge in [-0.3, -0.25) is 4.79 Å². The molecule has 0 amide bonds. The van der Waals surface area contributed by atoms with Crippen LogP contribution in [0, 0.1) is 11.8 Å². The number of aliphatic hydroxyl groups excluding tert-OH is 1. The summed E-state index contributed by atoms with van der Waals surface area (Å²) in [4.78, 5) is 10.4. The second kappa shape index (κ2) is 8.25. The standard InChI is InChI=1S/C15H26O4S/c16-8-6-11-12(14-5-4-13(11)19-14)7-10-20-9-2-1-3-15(17)18/h11-14,16H,1-10H2,(H,17,18). The van der Waals surface area contributed by atoms with E-state index in [0.717, 1.165) is 30.8 Å². The molecule has 20 heavy (non-hydrogen) atoms. The summed E-state index contributed by atoms with van der Waals surface area (Å²) >= 11 is 1.93. The third-order valence-corrected chi connectivity index (χ3v) is 5.68. The van der Waals surface area contributed by atoms with E-state index in [0.29, 0.717) is 30.5 Å². The summed E-state index contributed by atoms with van der Waals surface area (Å²) in [6.07, 6.45) is 7.33. The number of thioether (sulfide) groups is 1. The molecule has 0 radical (unpaired) electrons. The molecule has 0 aromatic carbocycles. The van der Waals surface area contributed by atoms with Gasteiger partial charge in [0.2, 0.25) is 0 Å². The first-order valence-electron chi connectivity index (χ1n) is 7.78. The Labute approximate surface area is 125 Å². The van der Waals surface area contributed by atoms with Crippen molar-refractivity contribution in [3.63, 3.8) is 0 Å². The van der Waals surface area contributed by atoms with Crippen molar-refractivity contribution in [1.29, 1.82) is 0 Å². The average molecular weight is 302 g/mol. The lowest BCUT2D eigenvalue weighted by Gasteiger charge is -2.27. The Hall–Kier alpha value is -0.260. The van der Waals surface area contributed by atoms with Crippen LogP contribution in [0.25, 0.3) is 0 Å². The quantitative estimate of drug-likeness (QED) is 0.607. The second-order valence-corrected chi connectivity index (χ2v) is 7.11. The average Bonchev–Trinajstić information content (AvgIpc) is 3.00. The van der Waals surface area contributed by atoms with Crippen LogP contribution in [0.5, 0.6) is 0 Å². The van der Waals surface area contributed by atoms with E-state index in [1.54, 1.807) is 0 Å². The molecule has 2 rings (SSSR count). The summed E-state index contributed by atoms with van der Waals surface area (Å²) in [6, 6.07) is 0. The monoisotopic (exact) mass is 302 g/mol. The molecule has 2 heterocycles. The molecule has 4 nitrogen and oxygen atoms in total. The van der Waals surface area contributed by atoms with Gasteiger partial charge in [-0.05, 0) is 61.9 Å². The number of carbonyl (C=O) groups is 1. The molecule has 2 bridgehead atoms. The topological polar surface area (TPSA) is 66.8 Å². The van der Waals surface area contributed by atoms with Gasteiger partial charge in [0.15, 0.2) is 0 Å². The van der Waals surface area contributed by atoms with Gasteiger partial charge in [-0.25, -0.2) is 0 Å². The molecule has 0 spiro atoms. The zero-order valence-electron chi connectivity index (χ0n) is 12.0. The SMILES string of the molecule is O=C(O)CCCCSCCC1C2CCC(O2)C1CCO. The van der Waals surface area contributed by atoms with Crippen molar-refractivity contribution in [3.05, 3.63) is 0 Å². The highest BCUT2D eigenvalue weighted by Crippen LogP contribution is 2.46. The Kier molecular flexibility index (Phi) is 6.65. The van der Waals surface area contributed by atoms with Crippen LogP contribution in [0.1, 0.15) is 44.9 Å². The van der Waals surface area contributed by atoms with Crippen LogP contribution in [0.2, 0.25) is 0 Å². The largest absolute Gasteiger partial charge is 0.481 e. The zero-order valence-corrected chi connectivity index (χ0v) is 12.8. The van der Waals surface area contributed by atoms with E-state index < -0.39 is 5.97 Å². The number of rotatable bonds is 10. The van der Waals surface area contributed by atoms with E-state index in [-0.39, 0.29) is 6.61 Å². The molecule has 2 aliphatic rings. The van der Waals surface area contributed by atoms with Crippen LogP contribution >= 0.6 is 11.8 Å². The van der Waals surface area contributed by atoms with Crippen LogP contribution in [-0.2, 0) is 9.53 Å². The van der Waals surface area contributed by atoms with E-state index >= 15 is 0 Å². The van der Waals surface area contributed by atoms with Gasteiger partial charge in [0, 0.05) is 13.0 Å². The van der Waals surface area contributed by atoms with Gasteiger partial charge < -0.3 is 14.9 Å². The predicted octanol–water partition coefficient (Wildman–Crippen LogP) is 2.54. The molecular formula is C15H26O4S. The molecule has 2 fully saturated rings. The Morgan fingerprint density at radius 1 is 1.10 bits per heavy atom. The summed E-state index contributed by atoms with van der Waals surface area (Å²) in [5.41, 5.74) is 0. The lowest BCUT2D eigenvalue weighted by molar-refractivity contribution is -0.137. The molecule has 4 unspecified atom stereocenters. The molecule has 2 N–H and O–H groups in total. The smallest absolute Gasteiger partial charge is 0.303 e. The highest BCUT2D eigenvalue weighted by atomic mass is 32.2.